The number of benzene rings is 1. The molecule has 2 aliphatic rings. The van der Waals surface area contributed by atoms with Crippen molar-refractivity contribution in [2.45, 2.75) is 31.1 Å². The molecular weight excluding hydrogens is 222 g/mol. The van der Waals surface area contributed by atoms with Crippen LogP contribution in [0.4, 0.5) is 8.78 Å². The molecule has 1 aromatic carbocycles. The first-order valence-corrected chi connectivity index (χ1v) is 5.82. The molecule has 1 nitrogen and oxygen atoms in total. The number of carbonyl (C=O) groups excluding carboxylic acids is 1. The van der Waals surface area contributed by atoms with Crippen LogP contribution in [0.3, 0.4) is 0 Å². The molecule has 0 aromatic heterocycles. The van der Waals surface area contributed by atoms with E-state index in [2.05, 4.69) is 0 Å². The van der Waals surface area contributed by atoms with E-state index in [0.29, 0.717) is 30.4 Å². The molecule has 0 saturated heterocycles. The zero-order chi connectivity index (χ0) is 12.0. The van der Waals surface area contributed by atoms with Gasteiger partial charge in [0.1, 0.15) is 11.6 Å². The zero-order valence-electron chi connectivity index (χ0n) is 9.30. The maximum Gasteiger partial charge on any atom is 0.163 e. The van der Waals surface area contributed by atoms with Crippen LogP contribution in [-0.4, -0.2) is 5.78 Å². The highest BCUT2D eigenvalue weighted by atomic mass is 19.2. The quantitative estimate of drug-likeness (QED) is 0.669. The Morgan fingerprint density at radius 2 is 1.94 bits per heavy atom. The molecule has 0 unspecified atom stereocenters. The van der Waals surface area contributed by atoms with Crippen molar-refractivity contribution in [1.82, 2.24) is 0 Å². The Kier molecular flexibility index (Phi) is 2.18. The highest BCUT2D eigenvalue weighted by Gasteiger charge is 2.49. The molecule has 0 amide bonds. The Bertz CT molecular complexity index is 533. The van der Waals surface area contributed by atoms with Crippen molar-refractivity contribution in [3.8, 4) is 0 Å². The first-order chi connectivity index (χ1) is 8.15. The van der Waals surface area contributed by atoms with Crippen molar-refractivity contribution in [3.05, 3.63) is 41.2 Å². The van der Waals surface area contributed by atoms with Gasteiger partial charge in [0.2, 0.25) is 0 Å². The second kappa shape index (κ2) is 3.49. The highest BCUT2D eigenvalue weighted by molar-refractivity contribution is 5.85. The summed E-state index contributed by atoms with van der Waals surface area (Å²) < 4.78 is 28.0. The van der Waals surface area contributed by atoms with Crippen molar-refractivity contribution in [3.63, 3.8) is 0 Å². The van der Waals surface area contributed by atoms with Crippen LogP contribution in [0, 0.1) is 0 Å². The van der Waals surface area contributed by atoms with Crippen LogP contribution in [0.5, 0.6) is 0 Å². The van der Waals surface area contributed by atoms with Crippen molar-refractivity contribution in [1.29, 1.82) is 0 Å². The molecule has 1 fully saturated rings. The van der Waals surface area contributed by atoms with Gasteiger partial charge in [-0.2, -0.15) is 0 Å². The van der Waals surface area contributed by atoms with Gasteiger partial charge >= 0.3 is 0 Å². The van der Waals surface area contributed by atoms with Gasteiger partial charge in [-0.25, -0.2) is 8.78 Å². The van der Waals surface area contributed by atoms with E-state index in [4.69, 9.17) is 0 Å². The standard InChI is InChI=1S/C14H12F2O/c15-12-10-5-1-2-6-11(10)14(13(12)16)7-3-4-9(17)8-14/h1-2,5-6H,3-4,7-8H2/t14-/m0/s1. The van der Waals surface area contributed by atoms with E-state index in [1.807, 2.05) is 0 Å². The predicted molar refractivity (Wildman–Crippen MR) is 60.7 cm³/mol. The molecule has 3 rings (SSSR count). The summed E-state index contributed by atoms with van der Waals surface area (Å²) in [7, 11) is 0. The maximum absolute atomic E-state index is 14.2. The predicted octanol–water partition coefficient (Wildman–Crippen LogP) is 3.69. The molecule has 1 spiro atoms. The molecule has 2 aliphatic carbocycles. The largest absolute Gasteiger partial charge is 0.300 e. The van der Waals surface area contributed by atoms with Crippen molar-refractivity contribution in [2.75, 3.05) is 0 Å². The number of allylic oxidation sites excluding steroid dienone is 1. The minimum atomic E-state index is -1.00. The fourth-order valence-electron chi connectivity index (χ4n) is 3.06. The molecule has 1 atom stereocenters. The summed E-state index contributed by atoms with van der Waals surface area (Å²) in [5, 5.41) is 0. The highest BCUT2D eigenvalue weighted by Crippen LogP contribution is 2.54. The van der Waals surface area contributed by atoms with Gasteiger partial charge in [-0.3, -0.25) is 4.79 Å². The lowest BCUT2D eigenvalue weighted by Crippen LogP contribution is -2.32. The Balaban J connectivity index is 2.21. The second-order valence-electron chi connectivity index (χ2n) is 4.82. The first-order valence-electron chi connectivity index (χ1n) is 5.82. The fourth-order valence-corrected chi connectivity index (χ4v) is 3.06. The number of halogens is 2. The summed E-state index contributed by atoms with van der Waals surface area (Å²) in [6.45, 7) is 0. The van der Waals surface area contributed by atoms with Gasteiger partial charge in [0, 0.05) is 18.4 Å². The van der Waals surface area contributed by atoms with Gasteiger partial charge in [0.25, 0.3) is 0 Å². The maximum atomic E-state index is 14.2. The molecule has 3 heteroatoms. The summed E-state index contributed by atoms with van der Waals surface area (Å²) in [5.74, 6) is -1.50. The number of rotatable bonds is 0. The second-order valence-corrected chi connectivity index (χ2v) is 4.82. The van der Waals surface area contributed by atoms with E-state index in [1.165, 1.54) is 0 Å². The number of hydrogen-bond donors (Lipinski definition) is 0. The van der Waals surface area contributed by atoms with Crippen molar-refractivity contribution >= 4 is 11.6 Å². The number of fused-ring (bicyclic) bond motifs is 2. The molecule has 0 N–H and O–H groups in total. The van der Waals surface area contributed by atoms with Gasteiger partial charge in [-0.15, -0.1) is 0 Å². The third-order valence-corrected chi connectivity index (χ3v) is 3.85. The van der Waals surface area contributed by atoms with E-state index in [-0.39, 0.29) is 12.2 Å². The van der Waals surface area contributed by atoms with Crippen LogP contribution in [0.1, 0.15) is 36.8 Å². The third kappa shape index (κ3) is 1.31. The van der Waals surface area contributed by atoms with Gasteiger partial charge in [0.05, 0.1) is 5.41 Å². The van der Waals surface area contributed by atoms with Crippen LogP contribution in [0.15, 0.2) is 30.1 Å². The topological polar surface area (TPSA) is 17.1 Å². The van der Waals surface area contributed by atoms with Crippen LogP contribution >= 0.6 is 0 Å². The van der Waals surface area contributed by atoms with Gasteiger partial charge in [-0.1, -0.05) is 24.3 Å². The van der Waals surface area contributed by atoms with Crippen LogP contribution in [0.2, 0.25) is 0 Å². The van der Waals surface area contributed by atoms with Gasteiger partial charge < -0.3 is 0 Å². The zero-order valence-corrected chi connectivity index (χ0v) is 9.30. The van der Waals surface area contributed by atoms with E-state index < -0.39 is 17.1 Å². The molecule has 17 heavy (non-hydrogen) atoms. The van der Waals surface area contributed by atoms with Crippen molar-refractivity contribution < 1.29 is 13.6 Å². The number of hydrogen-bond acceptors (Lipinski definition) is 1. The molecule has 88 valence electrons. The van der Waals surface area contributed by atoms with Crippen LogP contribution in [-0.2, 0) is 10.2 Å². The van der Waals surface area contributed by atoms with Gasteiger partial charge in [-0.05, 0) is 18.4 Å². The third-order valence-electron chi connectivity index (χ3n) is 3.85. The SMILES string of the molecule is O=C1CCC[C@@]2(C1)C(F)=C(F)c1ccccc12. The summed E-state index contributed by atoms with van der Waals surface area (Å²) in [6, 6.07) is 6.78. The Hall–Kier alpha value is -1.51. The smallest absolute Gasteiger partial charge is 0.163 e. The van der Waals surface area contributed by atoms with Crippen LogP contribution in [0.25, 0.3) is 5.83 Å². The number of carbonyl (C=O) groups is 1. The lowest BCUT2D eigenvalue weighted by Gasteiger charge is -2.32. The van der Waals surface area contributed by atoms with E-state index in [1.54, 1.807) is 24.3 Å². The Labute approximate surface area is 98.1 Å². The lowest BCUT2D eigenvalue weighted by atomic mass is 9.70. The average Bonchev–Trinajstić information content (AvgIpc) is 2.54. The molecule has 0 aliphatic heterocycles. The Morgan fingerprint density at radius 3 is 2.71 bits per heavy atom. The summed E-state index contributed by atoms with van der Waals surface area (Å²) in [6.07, 6.45) is 1.74. The average molecular weight is 234 g/mol. The van der Waals surface area contributed by atoms with E-state index >= 15 is 0 Å². The first kappa shape index (κ1) is 10.6. The number of Topliss-reactive ketones (excluding diaryl/α,β-unsaturated/α-hetero) is 1. The monoisotopic (exact) mass is 234 g/mol. The molecule has 1 aromatic rings. The molecule has 0 heterocycles. The van der Waals surface area contributed by atoms with Crippen LogP contribution < -0.4 is 0 Å². The van der Waals surface area contributed by atoms with Crippen molar-refractivity contribution in [2.24, 2.45) is 0 Å². The molecule has 0 radical (unpaired) electrons. The summed E-state index contributed by atoms with van der Waals surface area (Å²) in [5.41, 5.74) is -0.0431. The minimum absolute atomic E-state index is 0.0240. The van der Waals surface area contributed by atoms with E-state index in [0.717, 1.165) is 0 Å². The fraction of sp³-hybridized carbons (Fsp3) is 0.357. The summed E-state index contributed by atoms with van der Waals surface area (Å²) in [4.78, 5) is 11.6. The Morgan fingerprint density at radius 1 is 1.18 bits per heavy atom. The molecule has 1 saturated carbocycles. The molecule has 0 bridgehead atoms. The van der Waals surface area contributed by atoms with Gasteiger partial charge in [0.15, 0.2) is 5.83 Å². The number of ketones is 1. The molecular formula is C14H12F2O. The van der Waals surface area contributed by atoms with E-state index in [9.17, 15) is 13.6 Å². The lowest BCUT2D eigenvalue weighted by molar-refractivity contribution is -0.121. The minimum Gasteiger partial charge on any atom is -0.300 e. The normalized spacial score (nSPS) is 27.8. The summed E-state index contributed by atoms with van der Waals surface area (Å²) >= 11 is 0.